The Labute approximate surface area is 242 Å². The van der Waals surface area contributed by atoms with Crippen molar-refractivity contribution in [2.24, 2.45) is 0 Å². The summed E-state index contributed by atoms with van der Waals surface area (Å²) < 4.78 is 65.6. The molecule has 0 aliphatic carbocycles. The molecule has 0 aromatic heterocycles. The van der Waals surface area contributed by atoms with Gasteiger partial charge in [-0.3, -0.25) is 4.79 Å². The van der Waals surface area contributed by atoms with E-state index in [1.807, 2.05) is 6.92 Å². The number of benzene rings is 2. The highest BCUT2D eigenvalue weighted by molar-refractivity contribution is 7.88. The monoisotopic (exact) mass is 627 g/mol. The van der Waals surface area contributed by atoms with Crippen LogP contribution in [0, 0.1) is 0 Å². The van der Waals surface area contributed by atoms with E-state index in [9.17, 15) is 26.4 Å². The largest absolute Gasteiger partial charge is 0.417 e. The predicted molar refractivity (Wildman–Crippen MR) is 149 cm³/mol. The smallest absolute Gasteiger partial charge is 0.341 e. The number of alkyl halides is 3. The lowest BCUT2D eigenvalue weighted by molar-refractivity contribution is -0.137. The summed E-state index contributed by atoms with van der Waals surface area (Å²) >= 11 is 18.2. The molecule has 0 N–H and O–H groups in total. The molecule has 0 spiro atoms. The summed E-state index contributed by atoms with van der Waals surface area (Å²) in [6, 6.07) is 8.31. The minimum atomic E-state index is -4.62. The highest BCUT2D eigenvalue weighted by Gasteiger charge is 2.39. The van der Waals surface area contributed by atoms with E-state index in [1.165, 1.54) is 34.6 Å². The van der Waals surface area contributed by atoms with Gasteiger partial charge in [-0.15, -0.1) is 0 Å². The van der Waals surface area contributed by atoms with Crippen LogP contribution in [0.2, 0.25) is 15.1 Å². The molecule has 1 fully saturated rings. The molecule has 1 aliphatic rings. The molecule has 0 saturated carbocycles. The molecule has 0 bridgehead atoms. The average molecular weight is 629 g/mol. The molecule has 2 aromatic carbocycles. The number of nitrogens with zero attached hydrogens (tertiary/aromatic N) is 3. The Kier molecular flexibility index (Phi) is 9.94. The number of halogens is 6. The number of sulfonamides is 1. The molecule has 2 aromatic rings. The Morgan fingerprint density at radius 2 is 1.69 bits per heavy atom. The first kappa shape index (κ1) is 32.0. The first-order valence-corrected chi connectivity index (χ1v) is 15.2. The zero-order chi connectivity index (χ0) is 29.3. The fourth-order valence-electron chi connectivity index (χ4n) is 4.96. The third kappa shape index (κ3) is 7.59. The zero-order valence-electron chi connectivity index (χ0n) is 22.0. The number of hydrogen-bond donors (Lipinski definition) is 0. The SMILES string of the molecule is C[C@H]1CN(CCC(C)(C(=O)N(C)Cc2ccc(Cl)c(C(F)(F)F)c2)c2ccc(Cl)c(Cl)c2)CCN1S(C)(=O)=O. The van der Waals surface area contributed by atoms with Crippen LogP contribution in [-0.4, -0.2) is 74.0 Å². The van der Waals surface area contributed by atoms with Gasteiger partial charge in [0.05, 0.1) is 32.3 Å². The third-order valence-electron chi connectivity index (χ3n) is 7.14. The van der Waals surface area contributed by atoms with Gasteiger partial charge in [-0.1, -0.05) is 46.9 Å². The third-order valence-corrected chi connectivity index (χ3v) is 9.60. The Morgan fingerprint density at radius 1 is 1.05 bits per heavy atom. The van der Waals surface area contributed by atoms with Crippen LogP contribution in [0.25, 0.3) is 0 Å². The first-order valence-electron chi connectivity index (χ1n) is 12.2. The summed E-state index contributed by atoms with van der Waals surface area (Å²) in [5, 5.41) is 0.194. The lowest BCUT2D eigenvalue weighted by atomic mass is 9.77. The summed E-state index contributed by atoms with van der Waals surface area (Å²) in [6.07, 6.45) is -3.08. The van der Waals surface area contributed by atoms with Crippen molar-refractivity contribution in [3.05, 3.63) is 68.2 Å². The minimum Gasteiger partial charge on any atom is -0.341 e. The van der Waals surface area contributed by atoms with Gasteiger partial charge in [-0.2, -0.15) is 17.5 Å². The summed E-state index contributed by atoms with van der Waals surface area (Å²) in [4.78, 5) is 17.4. The molecule has 1 heterocycles. The number of carbonyl (C=O) groups excluding carboxylic acids is 1. The average Bonchev–Trinajstić information content (AvgIpc) is 2.83. The predicted octanol–water partition coefficient (Wildman–Crippen LogP) is 5.94. The van der Waals surface area contributed by atoms with Gasteiger partial charge in [0, 0.05) is 39.3 Å². The molecular formula is C26H31Cl3F3N3O3S. The fraction of sp³-hybridized carbons (Fsp3) is 0.500. The summed E-state index contributed by atoms with van der Waals surface area (Å²) in [5.74, 6) is -0.313. The van der Waals surface area contributed by atoms with Crippen molar-refractivity contribution in [1.29, 1.82) is 0 Å². The lowest BCUT2D eigenvalue weighted by Gasteiger charge is -2.40. The van der Waals surface area contributed by atoms with E-state index in [1.54, 1.807) is 25.1 Å². The van der Waals surface area contributed by atoms with Crippen LogP contribution in [0.15, 0.2) is 36.4 Å². The van der Waals surface area contributed by atoms with Crippen LogP contribution in [0.5, 0.6) is 0 Å². The second-order valence-electron chi connectivity index (χ2n) is 10.2. The van der Waals surface area contributed by atoms with Crippen LogP contribution in [-0.2, 0) is 33.0 Å². The Balaban J connectivity index is 1.85. The van der Waals surface area contributed by atoms with Gasteiger partial charge in [0.25, 0.3) is 0 Å². The molecule has 2 atom stereocenters. The molecule has 39 heavy (non-hydrogen) atoms. The maximum atomic E-state index is 13.9. The zero-order valence-corrected chi connectivity index (χ0v) is 25.1. The molecule has 1 unspecified atom stereocenters. The summed E-state index contributed by atoms with van der Waals surface area (Å²) in [7, 11) is -1.79. The maximum absolute atomic E-state index is 13.9. The number of hydrogen-bond acceptors (Lipinski definition) is 4. The van der Waals surface area contributed by atoms with Crippen LogP contribution in [0.4, 0.5) is 13.2 Å². The quantitative estimate of drug-likeness (QED) is 0.363. The second-order valence-corrected chi connectivity index (χ2v) is 13.4. The highest BCUT2D eigenvalue weighted by Crippen LogP contribution is 2.37. The van der Waals surface area contributed by atoms with E-state index in [-0.39, 0.29) is 29.1 Å². The van der Waals surface area contributed by atoms with Gasteiger partial charge in [0.2, 0.25) is 15.9 Å². The van der Waals surface area contributed by atoms with Gasteiger partial charge < -0.3 is 9.80 Å². The summed E-state index contributed by atoms with van der Waals surface area (Å²) in [5.41, 5.74) is -1.16. The van der Waals surface area contributed by atoms with Crippen molar-refractivity contribution in [3.8, 4) is 0 Å². The van der Waals surface area contributed by atoms with Crippen molar-refractivity contribution in [1.82, 2.24) is 14.1 Å². The number of rotatable bonds is 8. The van der Waals surface area contributed by atoms with Crippen molar-refractivity contribution in [2.75, 3.05) is 39.5 Å². The molecular weight excluding hydrogens is 598 g/mol. The second kappa shape index (κ2) is 12.1. The van der Waals surface area contributed by atoms with Crippen molar-refractivity contribution in [2.45, 2.75) is 44.4 Å². The number of piperazine rings is 1. The molecule has 6 nitrogen and oxygen atoms in total. The van der Waals surface area contributed by atoms with Crippen LogP contribution in [0.3, 0.4) is 0 Å². The van der Waals surface area contributed by atoms with E-state index >= 15 is 0 Å². The van der Waals surface area contributed by atoms with E-state index in [0.29, 0.717) is 43.2 Å². The van der Waals surface area contributed by atoms with Crippen molar-refractivity contribution < 1.29 is 26.4 Å². The molecule has 216 valence electrons. The van der Waals surface area contributed by atoms with Crippen LogP contribution >= 0.6 is 34.8 Å². The van der Waals surface area contributed by atoms with E-state index < -0.39 is 32.2 Å². The molecule has 13 heteroatoms. The van der Waals surface area contributed by atoms with E-state index in [0.717, 1.165) is 6.07 Å². The molecule has 3 rings (SSSR count). The van der Waals surface area contributed by atoms with Gasteiger partial charge in [-0.05, 0) is 62.2 Å². The maximum Gasteiger partial charge on any atom is 0.417 e. The van der Waals surface area contributed by atoms with E-state index in [4.69, 9.17) is 34.8 Å². The first-order chi connectivity index (χ1) is 17.9. The molecule has 1 saturated heterocycles. The number of likely N-dealkylation sites (N-methyl/N-ethyl adjacent to an activating group) is 1. The Hall–Kier alpha value is -1.56. The molecule has 1 aliphatic heterocycles. The van der Waals surface area contributed by atoms with Gasteiger partial charge >= 0.3 is 6.18 Å². The van der Waals surface area contributed by atoms with Gasteiger partial charge in [0.15, 0.2) is 0 Å². The standard InChI is InChI=1S/C26H31Cl3F3N3O3S/c1-17-15-34(11-12-35(17)39(4,37)38)10-9-25(2,19-6-8-22(28)23(29)14-19)24(36)33(3)16-18-5-7-21(27)20(13-18)26(30,31)32/h5-8,13-14,17H,9-12,15-16H2,1-4H3/t17-,25?/m0/s1. The highest BCUT2D eigenvalue weighted by atomic mass is 35.5. The van der Waals surface area contributed by atoms with Crippen molar-refractivity contribution in [3.63, 3.8) is 0 Å². The topological polar surface area (TPSA) is 60.9 Å². The van der Waals surface area contributed by atoms with Crippen LogP contribution < -0.4 is 0 Å². The van der Waals surface area contributed by atoms with Gasteiger partial charge in [0.1, 0.15) is 0 Å². The van der Waals surface area contributed by atoms with E-state index in [2.05, 4.69) is 4.90 Å². The Morgan fingerprint density at radius 3 is 2.26 bits per heavy atom. The molecule has 0 radical (unpaired) electrons. The fourth-order valence-corrected chi connectivity index (χ4v) is 6.62. The van der Waals surface area contributed by atoms with Crippen molar-refractivity contribution >= 4 is 50.7 Å². The summed E-state index contributed by atoms with van der Waals surface area (Å²) in [6.45, 7) is 5.37. The lowest BCUT2D eigenvalue weighted by Crippen LogP contribution is -2.54. The minimum absolute atomic E-state index is 0.0694. The molecule has 1 amide bonds. The van der Waals surface area contributed by atoms with Crippen LogP contribution in [0.1, 0.15) is 37.0 Å². The normalized spacial score (nSPS) is 19.1. The van der Waals surface area contributed by atoms with Gasteiger partial charge in [-0.25, -0.2) is 8.42 Å². The number of amides is 1. The Bertz CT molecular complexity index is 1330. The number of carbonyl (C=O) groups is 1.